The minimum absolute atomic E-state index is 0.0211. The molecule has 7 heteroatoms. The van der Waals surface area contributed by atoms with E-state index in [1.54, 1.807) is 19.0 Å². The minimum atomic E-state index is 0.0211. The van der Waals surface area contributed by atoms with Crippen LogP contribution in [-0.2, 0) is 4.79 Å². The highest BCUT2D eigenvalue weighted by Crippen LogP contribution is 2.19. The Kier molecular flexibility index (Phi) is 7.12. The quantitative estimate of drug-likeness (QED) is 0.598. The van der Waals surface area contributed by atoms with Crippen LogP contribution in [0.1, 0.15) is 44.1 Å². The van der Waals surface area contributed by atoms with Crippen molar-refractivity contribution < 1.29 is 4.79 Å². The summed E-state index contributed by atoms with van der Waals surface area (Å²) in [6.45, 7) is 4.19. The normalized spacial score (nSPS) is 19.0. The van der Waals surface area contributed by atoms with E-state index in [0.29, 0.717) is 12.1 Å². The SMILES string of the molecule is Cc1ccc(N2CCC(NC(=NCC(=O)N(C)C)NC3CCCC3)CC2)nc1. The van der Waals surface area contributed by atoms with Crippen molar-refractivity contribution >= 4 is 17.7 Å². The molecule has 2 aliphatic rings. The van der Waals surface area contributed by atoms with E-state index in [-0.39, 0.29) is 12.5 Å². The number of aliphatic imine (C=N–C) groups is 1. The molecule has 0 spiro atoms. The molecule has 1 amide bonds. The number of rotatable bonds is 5. The van der Waals surface area contributed by atoms with Gasteiger partial charge in [0, 0.05) is 45.5 Å². The number of aryl methyl sites for hydroxylation is 1. The van der Waals surface area contributed by atoms with Crippen molar-refractivity contribution in [2.75, 3.05) is 38.6 Å². The Labute approximate surface area is 168 Å². The highest BCUT2D eigenvalue weighted by molar-refractivity contribution is 5.85. The fraction of sp³-hybridized carbons (Fsp3) is 0.667. The van der Waals surface area contributed by atoms with E-state index in [1.165, 1.54) is 31.2 Å². The van der Waals surface area contributed by atoms with Crippen molar-refractivity contribution in [3.05, 3.63) is 23.9 Å². The van der Waals surface area contributed by atoms with Gasteiger partial charge in [0.2, 0.25) is 5.91 Å². The lowest BCUT2D eigenvalue weighted by Crippen LogP contribution is -2.51. The molecule has 7 nitrogen and oxygen atoms in total. The molecule has 2 fully saturated rings. The molecule has 0 unspecified atom stereocenters. The molecule has 1 aromatic rings. The van der Waals surface area contributed by atoms with Gasteiger partial charge in [-0.1, -0.05) is 18.9 Å². The monoisotopic (exact) mass is 386 g/mol. The summed E-state index contributed by atoms with van der Waals surface area (Å²) in [5.41, 5.74) is 1.19. The van der Waals surface area contributed by atoms with E-state index in [0.717, 1.165) is 37.7 Å². The first kappa shape index (κ1) is 20.4. The Morgan fingerprint density at radius 1 is 1.14 bits per heavy atom. The average molecular weight is 387 g/mol. The second kappa shape index (κ2) is 9.75. The van der Waals surface area contributed by atoms with Crippen LogP contribution in [-0.4, -0.2) is 67.6 Å². The molecule has 1 saturated carbocycles. The number of anilines is 1. The van der Waals surface area contributed by atoms with Crippen LogP contribution in [0.3, 0.4) is 0 Å². The summed E-state index contributed by atoms with van der Waals surface area (Å²) in [7, 11) is 3.54. The number of guanidine groups is 1. The van der Waals surface area contributed by atoms with E-state index < -0.39 is 0 Å². The predicted molar refractivity (Wildman–Crippen MR) is 114 cm³/mol. The molecule has 1 aromatic heterocycles. The lowest BCUT2D eigenvalue weighted by Gasteiger charge is -2.34. The zero-order chi connectivity index (χ0) is 19.9. The predicted octanol–water partition coefficient (Wildman–Crippen LogP) is 1.92. The summed E-state index contributed by atoms with van der Waals surface area (Å²) in [4.78, 5) is 25.0. The first-order valence-corrected chi connectivity index (χ1v) is 10.5. The van der Waals surface area contributed by atoms with Crippen LogP contribution in [0.5, 0.6) is 0 Å². The van der Waals surface area contributed by atoms with Crippen molar-refractivity contribution in [3.8, 4) is 0 Å². The second-order valence-corrected chi connectivity index (χ2v) is 8.18. The van der Waals surface area contributed by atoms with E-state index >= 15 is 0 Å². The van der Waals surface area contributed by atoms with Crippen molar-refractivity contribution in [2.24, 2.45) is 4.99 Å². The maximum atomic E-state index is 12.0. The minimum Gasteiger partial charge on any atom is -0.356 e. The van der Waals surface area contributed by atoms with Crippen LogP contribution in [0.2, 0.25) is 0 Å². The lowest BCUT2D eigenvalue weighted by molar-refractivity contribution is -0.127. The third-order valence-corrected chi connectivity index (χ3v) is 5.62. The molecule has 3 rings (SSSR count). The number of carbonyl (C=O) groups excluding carboxylic acids is 1. The first-order valence-electron chi connectivity index (χ1n) is 10.5. The van der Waals surface area contributed by atoms with Gasteiger partial charge in [-0.2, -0.15) is 0 Å². The van der Waals surface area contributed by atoms with Gasteiger partial charge in [0.1, 0.15) is 12.4 Å². The van der Waals surface area contributed by atoms with E-state index in [1.807, 2.05) is 6.20 Å². The molecular weight excluding hydrogens is 352 g/mol. The van der Waals surface area contributed by atoms with Gasteiger partial charge < -0.3 is 20.4 Å². The van der Waals surface area contributed by atoms with Crippen LogP contribution < -0.4 is 15.5 Å². The standard InChI is InChI=1S/C21H34N6O/c1-16-8-9-19(22-14-16)27-12-10-18(11-13-27)25-21(23-15-20(28)26(2)3)24-17-6-4-5-7-17/h8-9,14,17-18H,4-7,10-13,15H2,1-3H3,(H2,23,24,25). The summed E-state index contributed by atoms with van der Waals surface area (Å²) >= 11 is 0. The number of aromatic nitrogens is 1. The summed E-state index contributed by atoms with van der Waals surface area (Å²) in [6.07, 6.45) is 8.88. The maximum Gasteiger partial charge on any atom is 0.243 e. The Bertz CT molecular complexity index is 658. The van der Waals surface area contributed by atoms with Crippen molar-refractivity contribution in [1.29, 1.82) is 0 Å². The molecule has 2 heterocycles. The molecule has 1 aliphatic carbocycles. The third kappa shape index (κ3) is 5.84. The van der Waals surface area contributed by atoms with Gasteiger partial charge >= 0.3 is 0 Å². The van der Waals surface area contributed by atoms with Crippen molar-refractivity contribution in [1.82, 2.24) is 20.5 Å². The number of nitrogens with one attached hydrogen (secondary N) is 2. The number of likely N-dealkylation sites (N-methyl/N-ethyl adjacent to an activating group) is 1. The molecule has 0 atom stereocenters. The number of carbonyl (C=O) groups is 1. The van der Waals surface area contributed by atoms with Crippen LogP contribution in [0, 0.1) is 6.92 Å². The van der Waals surface area contributed by atoms with Gasteiger partial charge in [0.05, 0.1) is 0 Å². The van der Waals surface area contributed by atoms with Crippen LogP contribution in [0.15, 0.2) is 23.3 Å². The molecule has 154 valence electrons. The summed E-state index contributed by atoms with van der Waals surface area (Å²) in [6, 6.07) is 5.05. The average Bonchev–Trinajstić information content (AvgIpc) is 3.20. The Balaban J connectivity index is 1.55. The van der Waals surface area contributed by atoms with Crippen molar-refractivity contribution in [2.45, 2.75) is 57.5 Å². The molecule has 0 bridgehead atoms. The third-order valence-electron chi connectivity index (χ3n) is 5.62. The van der Waals surface area contributed by atoms with Gasteiger partial charge in [-0.3, -0.25) is 4.79 Å². The van der Waals surface area contributed by atoms with Crippen LogP contribution in [0.25, 0.3) is 0 Å². The van der Waals surface area contributed by atoms with Gasteiger partial charge in [0.25, 0.3) is 0 Å². The van der Waals surface area contributed by atoms with Gasteiger partial charge in [-0.15, -0.1) is 0 Å². The molecule has 0 aromatic carbocycles. The fourth-order valence-corrected chi connectivity index (χ4v) is 3.78. The molecule has 1 aliphatic heterocycles. The number of piperidine rings is 1. The summed E-state index contributed by atoms with van der Waals surface area (Å²) in [5, 5.41) is 7.13. The molecule has 28 heavy (non-hydrogen) atoms. The Hall–Kier alpha value is -2.31. The molecule has 1 saturated heterocycles. The van der Waals surface area contributed by atoms with Gasteiger partial charge in [0.15, 0.2) is 5.96 Å². The Morgan fingerprint density at radius 2 is 1.79 bits per heavy atom. The van der Waals surface area contributed by atoms with Crippen LogP contribution in [0.4, 0.5) is 5.82 Å². The van der Waals surface area contributed by atoms with E-state index in [4.69, 9.17) is 0 Å². The zero-order valence-corrected chi connectivity index (χ0v) is 17.4. The second-order valence-electron chi connectivity index (χ2n) is 8.18. The topological polar surface area (TPSA) is 72.9 Å². The number of hydrogen-bond donors (Lipinski definition) is 2. The highest BCUT2D eigenvalue weighted by atomic mass is 16.2. The summed E-state index contributed by atoms with van der Waals surface area (Å²) < 4.78 is 0. The maximum absolute atomic E-state index is 12.0. The summed E-state index contributed by atoms with van der Waals surface area (Å²) in [5.74, 6) is 1.86. The molecule has 0 radical (unpaired) electrons. The largest absolute Gasteiger partial charge is 0.356 e. The highest BCUT2D eigenvalue weighted by Gasteiger charge is 2.23. The van der Waals surface area contributed by atoms with Crippen LogP contribution >= 0.6 is 0 Å². The molecule has 2 N–H and O–H groups in total. The zero-order valence-electron chi connectivity index (χ0n) is 17.4. The molecular formula is C21H34N6O. The number of pyridine rings is 1. The van der Waals surface area contributed by atoms with E-state index in [9.17, 15) is 4.79 Å². The number of hydrogen-bond acceptors (Lipinski definition) is 4. The fourth-order valence-electron chi connectivity index (χ4n) is 3.78. The van der Waals surface area contributed by atoms with E-state index in [2.05, 4.69) is 44.6 Å². The lowest BCUT2D eigenvalue weighted by atomic mass is 10.1. The van der Waals surface area contributed by atoms with Gasteiger partial charge in [-0.25, -0.2) is 9.98 Å². The van der Waals surface area contributed by atoms with Crippen molar-refractivity contribution in [3.63, 3.8) is 0 Å². The van der Waals surface area contributed by atoms with Gasteiger partial charge in [-0.05, 0) is 44.2 Å². The number of nitrogens with zero attached hydrogens (tertiary/aromatic N) is 4. The number of amides is 1. The smallest absolute Gasteiger partial charge is 0.243 e. The Morgan fingerprint density at radius 3 is 2.36 bits per heavy atom. The first-order chi connectivity index (χ1) is 13.5.